The van der Waals surface area contributed by atoms with E-state index < -0.39 is 6.09 Å². The number of anilines is 1. The summed E-state index contributed by atoms with van der Waals surface area (Å²) in [5, 5.41) is 18.2. The van der Waals surface area contributed by atoms with E-state index in [0.29, 0.717) is 55.9 Å². The summed E-state index contributed by atoms with van der Waals surface area (Å²) in [4.78, 5) is 45.3. The second-order valence-corrected chi connectivity index (χ2v) is 10.5. The van der Waals surface area contributed by atoms with E-state index in [9.17, 15) is 14.4 Å². The van der Waals surface area contributed by atoms with Crippen LogP contribution in [0.15, 0.2) is 30.3 Å². The molecule has 0 radical (unpaired) electrons. The van der Waals surface area contributed by atoms with Gasteiger partial charge < -0.3 is 30.9 Å². The molecule has 2 aliphatic rings. The van der Waals surface area contributed by atoms with Gasteiger partial charge in [0.05, 0.1) is 17.0 Å². The highest BCUT2D eigenvalue weighted by molar-refractivity contribution is 6.07. The van der Waals surface area contributed by atoms with Gasteiger partial charge >= 0.3 is 6.09 Å². The number of benzene rings is 1. The van der Waals surface area contributed by atoms with Gasteiger partial charge in [0.15, 0.2) is 0 Å². The number of carbonyl (C=O) groups is 3. The number of amides is 3. The van der Waals surface area contributed by atoms with Gasteiger partial charge in [0, 0.05) is 44.7 Å². The van der Waals surface area contributed by atoms with Crippen molar-refractivity contribution in [3.8, 4) is 0 Å². The molecular weight excluding hydrogens is 472 g/mol. The standard InChI is InChI=1S/C27H38N6O4/c1-32(2)12-11-28-25(34)20-16-33(17-20)24-13-22(21-5-3-4-6-23(21)31-24)26(35)29-14-18-7-9-19(10-8-18)15-30-27(36)37/h3-6,13,18-20,30H,7-12,14-17H2,1-2H3,(H,28,34)(H,29,35)(H,36,37)/t18-,19-. The molecule has 1 aliphatic heterocycles. The molecule has 10 heteroatoms. The fourth-order valence-electron chi connectivity index (χ4n) is 5.09. The van der Waals surface area contributed by atoms with Crippen molar-refractivity contribution in [2.45, 2.75) is 25.7 Å². The molecule has 1 saturated carbocycles. The number of carbonyl (C=O) groups excluding carboxylic acids is 2. The first-order valence-corrected chi connectivity index (χ1v) is 13.1. The third kappa shape index (κ3) is 7.09. The molecule has 3 amide bonds. The molecule has 0 bridgehead atoms. The zero-order chi connectivity index (χ0) is 26.4. The van der Waals surface area contributed by atoms with E-state index in [4.69, 9.17) is 10.1 Å². The Kier molecular flexibility index (Phi) is 8.81. The summed E-state index contributed by atoms with van der Waals surface area (Å²) in [6.45, 7) is 3.69. The third-order valence-electron chi connectivity index (χ3n) is 7.44. The molecule has 2 aromatic rings. The lowest BCUT2D eigenvalue weighted by atomic mass is 9.82. The predicted octanol–water partition coefficient (Wildman–Crippen LogP) is 2.15. The van der Waals surface area contributed by atoms with Crippen molar-refractivity contribution in [3.05, 3.63) is 35.9 Å². The fourth-order valence-corrected chi connectivity index (χ4v) is 5.09. The maximum Gasteiger partial charge on any atom is 0.404 e. The first-order valence-electron chi connectivity index (χ1n) is 13.1. The topological polar surface area (TPSA) is 127 Å². The quantitative estimate of drug-likeness (QED) is 0.386. The molecule has 4 rings (SSSR count). The van der Waals surface area contributed by atoms with Crippen LogP contribution in [0.3, 0.4) is 0 Å². The van der Waals surface area contributed by atoms with Crippen LogP contribution in [0.1, 0.15) is 36.0 Å². The summed E-state index contributed by atoms with van der Waals surface area (Å²) in [6.07, 6.45) is 2.89. The van der Waals surface area contributed by atoms with Crippen molar-refractivity contribution < 1.29 is 19.5 Å². The Morgan fingerprint density at radius 1 is 1.00 bits per heavy atom. The fraction of sp³-hybridized carbons (Fsp3) is 0.556. The zero-order valence-corrected chi connectivity index (χ0v) is 21.7. The van der Waals surface area contributed by atoms with Crippen molar-refractivity contribution in [3.63, 3.8) is 0 Å². The number of para-hydroxylation sites is 1. The maximum absolute atomic E-state index is 13.3. The lowest BCUT2D eigenvalue weighted by Gasteiger charge is -2.39. The molecule has 37 heavy (non-hydrogen) atoms. The number of fused-ring (bicyclic) bond motifs is 1. The van der Waals surface area contributed by atoms with Gasteiger partial charge in [-0.05, 0) is 63.7 Å². The van der Waals surface area contributed by atoms with E-state index in [-0.39, 0.29) is 17.7 Å². The SMILES string of the molecule is CN(C)CCNC(=O)C1CN(c2cc(C(=O)NC[C@H]3CC[C@H](CNC(=O)O)CC3)c3ccccc3n2)C1. The van der Waals surface area contributed by atoms with Gasteiger partial charge in [-0.2, -0.15) is 0 Å². The number of rotatable bonds is 10. The van der Waals surface area contributed by atoms with Gasteiger partial charge in [-0.25, -0.2) is 9.78 Å². The monoisotopic (exact) mass is 510 g/mol. The van der Waals surface area contributed by atoms with Gasteiger partial charge in [0.25, 0.3) is 5.91 Å². The number of aromatic nitrogens is 1. The predicted molar refractivity (Wildman–Crippen MR) is 143 cm³/mol. The third-order valence-corrected chi connectivity index (χ3v) is 7.44. The molecule has 4 N–H and O–H groups in total. The average Bonchev–Trinajstić information content (AvgIpc) is 2.85. The van der Waals surface area contributed by atoms with Gasteiger partial charge in [0.1, 0.15) is 5.82 Å². The van der Waals surface area contributed by atoms with Crippen molar-refractivity contribution in [2.75, 3.05) is 58.3 Å². The second kappa shape index (κ2) is 12.2. The number of likely N-dealkylation sites (N-methyl/N-ethyl adjacent to an activating group) is 1. The van der Waals surface area contributed by atoms with Crippen molar-refractivity contribution in [2.24, 2.45) is 17.8 Å². The molecule has 1 saturated heterocycles. The molecule has 0 spiro atoms. The number of hydrogen-bond acceptors (Lipinski definition) is 6. The van der Waals surface area contributed by atoms with Crippen LogP contribution in [0, 0.1) is 17.8 Å². The van der Waals surface area contributed by atoms with E-state index in [2.05, 4.69) is 16.0 Å². The average molecular weight is 511 g/mol. The summed E-state index contributed by atoms with van der Waals surface area (Å²) < 4.78 is 0. The Labute approximate surface area is 217 Å². The summed E-state index contributed by atoms with van der Waals surface area (Å²) in [7, 11) is 3.95. The van der Waals surface area contributed by atoms with Crippen LogP contribution in [-0.2, 0) is 4.79 Å². The lowest BCUT2D eigenvalue weighted by molar-refractivity contribution is -0.125. The van der Waals surface area contributed by atoms with E-state index in [1.165, 1.54) is 0 Å². The van der Waals surface area contributed by atoms with Crippen LogP contribution in [0.4, 0.5) is 10.6 Å². The lowest BCUT2D eigenvalue weighted by Crippen LogP contribution is -2.54. The highest BCUT2D eigenvalue weighted by Gasteiger charge is 2.34. The molecule has 0 unspecified atom stereocenters. The van der Waals surface area contributed by atoms with Crippen molar-refractivity contribution >= 4 is 34.6 Å². The van der Waals surface area contributed by atoms with Crippen LogP contribution < -0.4 is 20.9 Å². The minimum Gasteiger partial charge on any atom is -0.465 e. The number of nitrogens with zero attached hydrogens (tertiary/aromatic N) is 3. The van der Waals surface area contributed by atoms with Crippen LogP contribution in [-0.4, -0.2) is 86.3 Å². The molecule has 0 atom stereocenters. The summed E-state index contributed by atoms with van der Waals surface area (Å²) >= 11 is 0. The van der Waals surface area contributed by atoms with Gasteiger partial charge in [-0.1, -0.05) is 18.2 Å². The van der Waals surface area contributed by atoms with Crippen molar-refractivity contribution in [1.29, 1.82) is 0 Å². The molecule has 10 nitrogen and oxygen atoms in total. The minimum atomic E-state index is -0.977. The van der Waals surface area contributed by atoms with Crippen LogP contribution in [0.25, 0.3) is 10.9 Å². The summed E-state index contributed by atoms with van der Waals surface area (Å²) in [6, 6.07) is 9.48. The normalized spacial score (nSPS) is 19.9. The minimum absolute atomic E-state index is 0.0605. The molecular formula is C27H38N6O4. The first-order chi connectivity index (χ1) is 17.8. The number of carboxylic acid groups (broad SMARTS) is 1. The number of hydrogen-bond donors (Lipinski definition) is 4. The second-order valence-electron chi connectivity index (χ2n) is 10.5. The van der Waals surface area contributed by atoms with Crippen molar-refractivity contribution in [1.82, 2.24) is 25.8 Å². The van der Waals surface area contributed by atoms with E-state index >= 15 is 0 Å². The summed E-state index contributed by atoms with van der Waals surface area (Å²) in [5.41, 5.74) is 1.36. The van der Waals surface area contributed by atoms with Gasteiger partial charge in [-0.15, -0.1) is 0 Å². The van der Waals surface area contributed by atoms with E-state index in [0.717, 1.165) is 43.1 Å². The highest BCUT2D eigenvalue weighted by Crippen LogP contribution is 2.30. The van der Waals surface area contributed by atoms with Gasteiger partial charge in [-0.3, -0.25) is 9.59 Å². The zero-order valence-electron chi connectivity index (χ0n) is 21.7. The first kappa shape index (κ1) is 26.7. The largest absolute Gasteiger partial charge is 0.465 e. The molecule has 1 aliphatic carbocycles. The summed E-state index contributed by atoms with van der Waals surface area (Å²) in [5.74, 6) is 1.34. The molecule has 1 aromatic heterocycles. The highest BCUT2D eigenvalue weighted by atomic mass is 16.4. The Morgan fingerprint density at radius 2 is 1.65 bits per heavy atom. The molecule has 2 heterocycles. The van der Waals surface area contributed by atoms with Crippen LogP contribution >= 0.6 is 0 Å². The Morgan fingerprint density at radius 3 is 2.30 bits per heavy atom. The molecule has 200 valence electrons. The Bertz CT molecular complexity index is 1110. The maximum atomic E-state index is 13.3. The Hall–Kier alpha value is -3.40. The Balaban J connectivity index is 1.34. The molecule has 2 fully saturated rings. The smallest absolute Gasteiger partial charge is 0.404 e. The van der Waals surface area contributed by atoms with Crippen LogP contribution in [0.2, 0.25) is 0 Å². The van der Waals surface area contributed by atoms with Crippen LogP contribution in [0.5, 0.6) is 0 Å². The van der Waals surface area contributed by atoms with E-state index in [1.807, 2.05) is 54.2 Å². The van der Waals surface area contributed by atoms with E-state index in [1.54, 1.807) is 0 Å². The number of nitrogens with one attached hydrogen (secondary N) is 3. The number of pyridine rings is 1. The van der Waals surface area contributed by atoms with Gasteiger partial charge in [0.2, 0.25) is 5.91 Å². The molecule has 1 aromatic carbocycles.